The fourth-order valence-electron chi connectivity index (χ4n) is 5.43. The molecule has 5 heteroatoms. The molecule has 2 heterocycles. The van der Waals surface area contributed by atoms with Crippen molar-refractivity contribution >= 4 is 0 Å². The summed E-state index contributed by atoms with van der Waals surface area (Å²) in [6, 6.07) is 20.6. The van der Waals surface area contributed by atoms with Gasteiger partial charge in [0, 0.05) is 50.9 Å². The lowest BCUT2D eigenvalue weighted by molar-refractivity contribution is -0.0000426. The molecule has 4 rings (SSSR count). The second kappa shape index (κ2) is 12.0. The number of piperazine rings is 1. The predicted molar refractivity (Wildman–Crippen MR) is 134 cm³/mol. The lowest BCUT2D eigenvalue weighted by Gasteiger charge is -2.48. The van der Waals surface area contributed by atoms with Gasteiger partial charge in [0.15, 0.2) is 0 Å². The van der Waals surface area contributed by atoms with Crippen molar-refractivity contribution in [1.82, 2.24) is 14.7 Å². The molecule has 0 aliphatic carbocycles. The maximum Gasteiger partial charge on any atom is 0.120 e. The monoisotopic (exact) mass is 451 g/mol. The molecule has 2 aliphatic heterocycles. The van der Waals surface area contributed by atoms with Gasteiger partial charge in [-0.25, -0.2) is 0 Å². The van der Waals surface area contributed by atoms with Crippen LogP contribution in [0.4, 0.5) is 0 Å². The number of piperidine rings is 1. The number of aliphatic hydroxyl groups excluding tert-OH is 1. The minimum atomic E-state index is 0.267. The normalized spacial score (nSPS) is 21.5. The Balaban J connectivity index is 1.31. The van der Waals surface area contributed by atoms with Gasteiger partial charge < -0.3 is 14.7 Å². The minimum absolute atomic E-state index is 0.267. The van der Waals surface area contributed by atoms with Gasteiger partial charge in [0.25, 0.3) is 0 Å². The van der Waals surface area contributed by atoms with E-state index < -0.39 is 0 Å². The molecule has 2 saturated heterocycles. The molecule has 0 aromatic heterocycles. The van der Waals surface area contributed by atoms with Gasteiger partial charge in [0.05, 0.1) is 0 Å². The van der Waals surface area contributed by atoms with Gasteiger partial charge in [0.2, 0.25) is 0 Å². The van der Waals surface area contributed by atoms with Gasteiger partial charge in [-0.05, 0) is 69.5 Å². The van der Waals surface area contributed by atoms with Gasteiger partial charge in [-0.3, -0.25) is 9.80 Å². The fourth-order valence-corrected chi connectivity index (χ4v) is 5.43. The maximum atomic E-state index is 9.74. The van der Waals surface area contributed by atoms with Crippen LogP contribution >= 0.6 is 0 Å². The first-order chi connectivity index (χ1) is 16.1. The smallest absolute Gasteiger partial charge is 0.120 e. The molecule has 0 bridgehead atoms. The first kappa shape index (κ1) is 24.2. The van der Waals surface area contributed by atoms with Crippen molar-refractivity contribution in [1.29, 1.82) is 0 Å². The molecular formula is C28H41N3O2. The molecule has 5 nitrogen and oxygen atoms in total. The molecule has 1 unspecified atom stereocenters. The number of rotatable bonds is 9. The van der Waals surface area contributed by atoms with E-state index in [0.717, 1.165) is 38.3 Å². The first-order valence-electron chi connectivity index (χ1n) is 12.7. The highest BCUT2D eigenvalue weighted by atomic mass is 16.5. The second-order valence-corrected chi connectivity index (χ2v) is 9.92. The van der Waals surface area contributed by atoms with Crippen LogP contribution in [0.25, 0.3) is 0 Å². The highest BCUT2D eigenvalue weighted by molar-refractivity contribution is 5.29. The predicted octanol–water partition coefficient (Wildman–Crippen LogP) is 4.01. The van der Waals surface area contributed by atoms with Crippen molar-refractivity contribution in [2.45, 2.75) is 64.4 Å². The van der Waals surface area contributed by atoms with Crippen LogP contribution in [-0.2, 0) is 13.2 Å². The Labute approximate surface area is 200 Å². The molecule has 2 aromatic carbocycles. The van der Waals surface area contributed by atoms with Crippen LogP contribution in [-0.4, -0.2) is 77.3 Å². The Morgan fingerprint density at radius 3 is 2.42 bits per heavy atom. The molecule has 0 spiro atoms. The molecule has 2 aliphatic rings. The number of ether oxygens (including phenoxy) is 1. The standard InChI is InChI=1S/C28H41N3O2/c1-23(2)30-14-11-26(12-15-30)31-17-16-29(21-27(31)13-18-32)20-25-9-6-10-28(19-25)33-22-24-7-4-3-5-8-24/h3-10,19,23,26-27,32H,11-18,20-22H2,1-2H3. The van der Waals surface area contributed by atoms with Crippen molar-refractivity contribution in [3.8, 4) is 5.75 Å². The number of hydrogen-bond acceptors (Lipinski definition) is 5. The molecular weight excluding hydrogens is 410 g/mol. The summed E-state index contributed by atoms with van der Waals surface area (Å²) in [5, 5.41) is 9.74. The van der Waals surface area contributed by atoms with Crippen LogP contribution in [0.5, 0.6) is 5.75 Å². The molecule has 0 saturated carbocycles. The molecule has 0 radical (unpaired) electrons. The minimum Gasteiger partial charge on any atom is -0.489 e. The number of nitrogens with zero attached hydrogens (tertiary/aromatic N) is 3. The third-order valence-corrected chi connectivity index (χ3v) is 7.33. The Hall–Kier alpha value is -1.92. The lowest BCUT2D eigenvalue weighted by atomic mass is 9.97. The molecule has 1 N–H and O–H groups in total. The summed E-state index contributed by atoms with van der Waals surface area (Å²) in [6.07, 6.45) is 3.36. The van der Waals surface area contributed by atoms with E-state index in [9.17, 15) is 5.11 Å². The summed E-state index contributed by atoms with van der Waals surface area (Å²) >= 11 is 0. The zero-order chi connectivity index (χ0) is 23.0. The summed E-state index contributed by atoms with van der Waals surface area (Å²) in [5.41, 5.74) is 2.48. The maximum absolute atomic E-state index is 9.74. The average Bonchev–Trinajstić information content (AvgIpc) is 2.84. The van der Waals surface area contributed by atoms with Crippen molar-refractivity contribution in [3.63, 3.8) is 0 Å². The summed E-state index contributed by atoms with van der Waals surface area (Å²) in [4.78, 5) is 7.86. The second-order valence-electron chi connectivity index (χ2n) is 9.92. The van der Waals surface area contributed by atoms with Crippen LogP contribution in [0.15, 0.2) is 54.6 Å². The van der Waals surface area contributed by atoms with E-state index in [0.29, 0.717) is 24.7 Å². The Bertz CT molecular complexity index is 836. The average molecular weight is 452 g/mol. The largest absolute Gasteiger partial charge is 0.489 e. The quantitative estimate of drug-likeness (QED) is 0.624. The van der Waals surface area contributed by atoms with E-state index in [4.69, 9.17) is 4.74 Å². The summed E-state index contributed by atoms with van der Waals surface area (Å²) in [6.45, 7) is 12.0. The van der Waals surface area contributed by atoms with Crippen LogP contribution in [0.2, 0.25) is 0 Å². The van der Waals surface area contributed by atoms with Crippen LogP contribution in [0, 0.1) is 0 Å². The van der Waals surface area contributed by atoms with Crippen LogP contribution in [0.1, 0.15) is 44.2 Å². The molecule has 180 valence electrons. The summed E-state index contributed by atoms with van der Waals surface area (Å²) < 4.78 is 6.04. The van der Waals surface area contributed by atoms with Gasteiger partial charge in [0.1, 0.15) is 12.4 Å². The third kappa shape index (κ3) is 6.80. The number of hydrogen-bond donors (Lipinski definition) is 1. The van der Waals surface area contributed by atoms with Crippen LogP contribution in [0.3, 0.4) is 0 Å². The number of benzene rings is 2. The third-order valence-electron chi connectivity index (χ3n) is 7.33. The molecule has 2 aromatic rings. The highest BCUT2D eigenvalue weighted by Gasteiger charge is 2.33. The van der Waals surface area contributed by atoms with E-state index >= 15 is 0 Å². The SMILES string of the molecule is CC(C)N1CCC(N2CCN(Cc3cccc(OCc4ccccc4)c3)CC2CCO)CC1. The first-order valence-corrected chi connectivity index (χ1v) is 12.7. The Morgan fingerprint density at radius 1 is 0.939 bits per heavy atom. The molecule has 2 fully saturated rings. The van der Waals surface area contributed by atoms with Crippen molar-refractivity contribution < 1.29 is 9.84 Å². The van der Waals surface area contributed by atoms with Gasteiger partial charge >= 0.3 is 0 Å². The molecule has 0 amide bonds. The highest BCUT2D eigenvalue weighted by Crippen LogP contribution is 2.25. The summed E-state index contributed by atoms with van der Waals surface area (Å²) in [5.74, 6) is 0.929. The van der Waals surface area contributed by atoms with Crippen molar-refractivity contribution in [2.24, 2.45) is 0 Å². The number of aliphatic hydroxyl groups is 1. The van der Waals surface area contributed by atoms with E-state index in [-0.39, 0.29) is 6.61 Å². The van der Waals surface area contributed by atoms with E-state index in [1.807, 2.05) is 24.3 Å². The Kier molecular flexibility index (Phi) is 8.79. The van der Waals surface area contributed by atoms with Crippen molar-refractivity contribution in [3.05, 3.63) is 65.7 Å². The topological polar surface area (TPSA) is 39.2 Å². The zero-order valence-corrected chi connectivity index (χ0v) is 20.4. The molecule has 1 atom stereocenters. The van der Waals surface area contributed by atoms with E-state index in [2.05, 4.69) is 58.9 Å². The lowest BCUT2D eigenvalue weighted by Crippen LogP contribution is -2.58. The summed E-state index contributed by atoms with van der Waals surface area (Å²) in [7, 11) is 0. The van der Waals surface area contributed by atoms with E-state index in [1.165, 1.54) is 37.1 Å². The molecule has 33 heavy (non-hydrogen) atoms. The van der Waals surface area contributed by atoms with Gasteiger partial charge in [-0.1, -0.05) is 42.5 Å². The zero-order valence-electron chi connectivity index (χ0n) is 20.4. The van der Waals surface area contributed by atoms with Gasteiger partial charge in [-0.2, -0.15) is 0 Å². The van der Waals surface area contributed by atoms with Crippen molar-refractivity contribution in [2.75, 3.05) is 39.3 Å². The van der Waals surface area contributed by atoms with E-state index in [1.54, 1.807) is 0 Å². The fraction of sp³-hybridized carbons (Fsp3) is 0.571. The number of likely N-dealkylation sites (tertiary alicyclic amines) is 1. The van der Waals surface area contributed by atoms with Crippen LogP contribution < -0.4 is 4.74 Å². The van der Waals surface area contributed by atoms with Gasteiger partial charge in [-0.15, -0.1) is 0 Å². The Morgan fingerprint density at radius 2 is 1.70 bits per heavy atom.